The van der Waals surface area contributed by atoms with Crippen molar-refractivity contribution in [2.75, 3.05) is 13.2 Å². The molecule has 0 atom stereocenters. The molecule has 1 aliphatic rings. The fraction of sp³-hybridized carbons (Fsp3) is 0.222. The summed E-state index contributed by atoms with van der Waals surface area (Å²) in [6, 6.07) is 3.56. The van der Waals surface area contributed by atoms with E-state index in [-0.39, 0.29) is 0 Å². The fourth-order valence-corrected chi connectivity index (χ4v) is 1.63. The largest absolute Gasteiger partial charge is 0.486 e. The van der Waals surface area contributed by atoms with Gasteiger partial charge in [-0.3, -0.25) is 4.79 Å². The van der Waals surface area contributed by atoms with Crippen LogP contribution in [0.3, 0.4) is 0 Å². The van der Waals surface area contributed by atoms with Crippen molar-refractivity contribution in [1.82, 2.24) is 0 Å². The van der Waals surface area contributed by atoms with E-state index in [0.717, 1.165) is 10.8 Å². The summed E-state index contributed by atoms with van der Waals surface area (Å²) >= 11 is 3.27. The van der Waals surface area contributed by atoms with Gasteiger partial charge in [-0.25, -0.2) is 0 Å². The first-order valence-electron chi connectivity index (χ1n) is 3.86. The Labute approximate surface area is 83.8 Å². The maximum Gasteiger partial charge on any atom is 0.172 e. The molecule has 0 saturated heterocycles. The highest BCUT2D eigenvalue weighted by Gasteiger charge is 2.17. The second kappa shape index (κ2) is 3.38. The SMILES string of the molecule is O=Cc1c(Br)ccc2c1OCCO2. The van der Waals surface area contributed by atoms with Crippen LogP contribution < -0.4 is 9.47 Å². The van der Waals surface area contributed by atoms with E-state index in [4.69, 9.17) is 9.47 Å². The van der Waals surface area contributed by atoms with Crippen molar-refractivity contribution in [1.29, 1.82) is 0 Å². The number of rotatable bonds is 1. The van der Waals surface area contributed by atoms with Crippen LogP contribution in [-0.2, 0) is 0 Å². The Hall–Kier alpha value is -1.03. The summed E-state index contributed by atoms with van der Waals surface area (Å²) in [6.07, 6.45) is 0.762. The number of aldehydes is 1. The van der Waals surface area contributed by atoms with Crippen LogP contribution in [-0.4, -0.2) is 19.5 Å². The average Bonchev–Trinajstić information content (AvgIpc) is 2.18. The van der Waals surface area contributed by atoms with Gasteiger partial charge in [0.05, 0.1) is 5.56 Å². The molecule has 2 rings (SSSR count). The van der Waals surface area contributed by atoms with Crippen molar-refractivity contribution < 1.29 is 14.3 Å². The molecule has 68 valence electrons. The summed E-state index contributed by atoms with van der Waals surface area (Å²) in [5.41, 5.74) is 0.511. The molecule has 0 bridgehead atoms. The zero-order chi connectivity index (χ0) is 9.26. The molecule has 0 aromatic heterocycles. The predicted octanol–water partition coefficient (Wildman–Crippen LogP) is 2.03. The first kappa shape index (κ1) is 8.56. The van der Waals surface area contributed by atoms with E-state index < -0.39 is 0 Å². The standard InChI is InChI=1S/C9H7BrO3/c10-7-1-2-8-9(6(7)5-11)13-4-3-12-8/h1-2,5H,3-4H2. The van der Waals surface area contributed by atoms with E-state index in [1.807, 2.05) is 0 Å². The smallest absolute Gasteiger partial charge is 0.172 e. The molecule has 3 nitrogen and oxygen atoms in total. The predicted molar refractivity (Wildman–Crippen MR) is 50.5 cm³/mol. The summed E-state index contributed by atoms with van der Waals surface area (Å²) in [5.74, 6) is 1.17. The number of carbonyl (C=O) groups is 1. The third-order valence-corrected chi connectivity index (χ3v) is 2.50. The monoisotopic (exact) mass is 242 g/mol. The maximum atomic E-state index is 10.7. The van der Waals surface area contributed by atoms with E-state index in [1.54, 1.807) is 12.1 Å². The molecule has 1 aliphatic heterocycles. The second-order valence-corrected chi connectivity index (χ2v) is 3.46. The number of fused-ring (bicyclic) bond motifs is 1. The van der Waals surface area contributed by atoms with Crippen LogP contribution in [0.15, 0.2) is 16.6 Å². The zero-order valence-corrected chi connectivity index (χ0v) is 8.33. The topological polar surface area (TPSA) is 35.5 Å². The molecule has 0 spiro atoms. The van der Waals surface area contributed by atoms with Gasteiger partial charge in [-0.2, -0.15) is 0 Å². The summed E-state index contributed by atoms with van der Waals surface area (Å²) in [6.45, 7) is 1.03. The lowest BCUT2D eigenvalue weighted by Gasteiger charge is -2.19. The van der Waals surface area contributed by atoms with Crippen molar-refractivity contribution >= 4 is 22.2 Å². The zero-order valence-electron chi connectivity index (χ0n) is 6.75. The van der Waals surface area contributed by atoms with Crippen molar-refractivity contribution in [3.8, 4) is 11.5 Å². The molecule has 1 aromatic carbocycles. The molecule has 0 saturated carbocycles. The molecule has 0 N–H and O–H groups in total. The van der Waals surface area contributed by atoms with Crippen LogP contribution in [0.1, 0.15) is 10.4 Å². The third-order valence-electron chi connectivity index (χ3n) is 1.81. The van der Waals surface area contributed by atoms with Gasteiger partial charge >= 0.3 is 0 Å². The van der Waals surface area contributed by atoms with Crippen LogP contribution in [0.25, 0.3) is 0 Å². The summed E-state index contributed by atoms with van der Waals surface area (Å²) in [5, 5.41) is 0. The third kappa shape index (κ3) is 1.42. The van der Waals surface area contributed by atoms with Gasteiger partial charge in [-0.05, 0) is 28.1 Å². The number of halogens is 1. The molecule has 0 aliphatic carbocycles. The number of carbonyl (C=O) groups excluding carboxylic acids is 1. The van der Waals surface area contributed by atoms with Crippen LogP contribution >= 0.6 is 15.9 Å². The van der Waals surface area contributed by atoms with Gasteiger partial charge in [0.2, 0.25) is 0 Å². The highest BCUT2D eigenvalue weighted by atomic mass is 79.9. The van der Waals surface area contributed by atoms with Crippen LogP contribution in [0.4, 0.5) is 0 Å². The first-order chi connectivity index (χ1) is 6.33. The normalized spacial score (nSPS) is 13.9. The lowest BCUT2D eigenvalue weighted by molar-refractivity contribution is 0.111. The van der Waals surface area contributed by atoms with Gasteiger partial charge in [0.15, 0.2) is 17.8 Å². The molecule has 13 heavy (non-hydrogen) atoms. The second-order valence-electron chi connectivity index (χ2n) is 2.60. The highest BCUT2D eigenvalue weighted by molar-refractivity contribution is 9.10. The molecular formula is C9H7BrO3. The fourth-order valence-electron chi connectivity index (χ4n) is 1.22. The Morgan fingerprint density at radius 3 is 2.85 bits per heavy atom. The molecule has 1 heterocycles. The lowest BCUT2D eigenvalue weighted by atomic mass is 10.2. The molecular weight excluding hydrogens is 236 g/mol. The summed E-state index contributed by atoms with van der Waals surface area (Å²) in [4.78, 5) is 10.7. The first-order valence-corrected chi connectivity index (χ1v) is 4.65. The number of hydrogen-bond acceptors (Lipinski definition) is 3. The van der Waals surface area contributed by atoms with Gasteiger partial charge in [0.25, 0.3) is 0 Å². The summed E-state index contributed by atoms with van der Waals surface area (Å²) < 4.78 is 11.4. The van der Waals surface area contributed by atoms with Crippen LogP contribution in [0, 0.1) is 0 Å². The molecule has 0 fully saturated rings. The molecule has 0 radical (unpaired) electrons. The Morgan fingerprint density at radius 2 is 2.08 bits per heavy atom. The van der Waals surface area contributed by atoms with E-state index in [2.05, 4.69) is 15.9 Å². The molecule has 0 unspecified atom stereocenters. The van der Waals surface area contributed by atoms with Gasteiger partial charge in [-0.15, -0.1) is 0 Å². The van der Waals surface area contributed by atoms with Crippen molar-refractivity contribution in [2.45, 2.75) is 0 Å². The number of benzene rings is 1. The van der Waals surface area contributed by atoms with E-state index >= 15 is 0 Å². The summed E-state index contributed by atoms with van der Waals surface area (Å²) in [7, 11) is 0. The van der Waals surface area contributed by atoms with Gasteiger partial charge in [0.1, 0.15) is 13.2 Å². The number of hydrogen-bond donors (Lipinski definition) is 0. The van der Waals surface area contributed by atoms with Crippen LogP contribution in [0.5, 0.6) is 11.5 Å². The van der Waals surface area contributed by atoms with Crippen molar-refractivity contribution in [2.24, 2.45) is 0 Å². The van der Waals surface area contributed by atoms with Gasteiger partial charge in [0, 0.05) is 4.47 Å². The minimum atomic E-state index is 0.490. The molecule has 4 heteroatoms. The molecule has 1 aromatic rings. The average molecular weight is 243 g/mol. The Kier molecular flexibility index (Phi) is 2.22. The maximum absolute atomic E-state index is 10.7. The minimum absolute atomic E-state index is 0.490. The number of ether oxygens (including phenoxy) is 2. The lowest BCUT2D eigenvalue weighted by Crippen LogP contribution is -2.16. The Morgan fingerprint density at radius 1 is 1.31 bits per heavy atom. The quantitative estimate of drug-likeness (QED) is 0.708. The molecule has 0 amide bonds. The Bertz CT molecular complexity index is 349. The van der Waals surface area contributed by atoms with E-state index in [0.29, 0.717) is 30.3 Å². The van der Waals surface area contributed by atoms with Gasteiger partial charge < -0.3 is 9.47 Å². The minimum Gasteiger partial charge on any atom is -0.486 e. The van der Waals surface area contributed by atoms with E-state index in [9.17, 15) is 4.79 Å². The van der Waals surface area contributed by atoms with Crippen molar-refractivity contribution in [3.63, 3.8) is 0 Å². The Balaban J connectivity index is 2.58. The van der Waals surface area contributed by atoms with Gasteiger partial charge in [-0.1, -0.05) is 0 Å². The van der Waals surface area contributed by atoms with E-state index in [1.165, 1.54) is 0 Å². The van der Waals surface area contributed by atoms with Crippen molar-refractivity contribution in [3.05, 3.63) is 22.2 Å². The van der Waals surface area contributed by atoms with Crippen LogP contribution in [0.2, 0.25) is 0 Å². The highest BCUT2D eigenvalue weighted by Crippen LogP contribution is 2.36.